The molecule has 3 aromatic rings. The Kier molecular flexibility index (Phi) is 5.76. The number of hydrogen-bond donors (Lipinski definition) is 1. The van der Waals surface area contributed by atoms with E-state index in [-0.39, 0.29) is 24.4 Å². The first-order chi connectivity index (χ1) is 12.7. The molecule has 0 aliphatic heterocycles. The van der Waals surface area contributed by atoms with Crippen molar-refractivity contribution in [2.45, 2.75) is 13.0 Å². The van der Waals surface area contributed by atoms with E-state index in [1.165, 1.54) is 4.68 Å². The fourth-order valence-electron chi connectivity index (χ4n) is 2.78. The number of hydrogen-bond acceptors (Lipinski definition) is 4. The van der Waals surface area contributed by atoms with Gasteiger partial charge < -0.3 is 10.1 Å². The zero-order valence-electron chi connectivity index (χ0n) is 14.6. The lowest BCUT2D eigenvalue weighted by molar-refractivity contribution is -0.121. The van der Waals surface area contributed by atoms with Crippen LogP contribution in [0.3, 0.4) is 0 Å². The molecule has 26 heavy (non-hydrogen) atoms. The number of methoxy groups -OCH3 is 1. The molecule has 0 saturated heterocycles. The Bertz CT molecular complexity index is 951. The van der Waals surface area contributed by atoms with Gasteiger partial charge in [0.15, 0.2) is 0 Å². The number of rotatable bonds is 7. The van der Waals surface area contributed by atoms with Crippen molar-refractivity contribution in [1.82, 2.24) is 15.1 Å². The van der Waals surface area contributed by atoms with Crippen molar-refractivity contribution >= 4 is 16.7 Å². The van der Waals surface area contributed by atoms with E-state index in [0.29, 0.717) is 18.5 Å². The highest BCUT2D eigenvalue weighted by Gasteiger charge is 2.12. The number of aromatic nitrogens is 2. The Balaban J connectivity index is 1.92. The molecule has 6 heteroatoms. The van der Waals surface area contributed by atoms with E-state index in [2.05, 4.69) is 10.4 Å². The van der Waals surface area contributed by atoms with Gasteiger partial charge in [-0.2, -0.15) is 5.10 Å². The SMILES string of the molecule is COCCNC(=O)CCn1nc(-c2ccccc2)c2ccccc2c1=O. The van der Waals surface area contributed by atoms with Crippen LogP contribution in [0.2, 0.25) is 0 Å². The minimum Gasteiger partial charge on any atom is -0.383 e. The van der Waals surface area contributed by atoms with Gasteiger partial charge in [0.2, 0.25) is 5.91 Å². The molecule has 0 aliphatic carbocycles. The molecule has 0 radical (unpaired) electrons. The summed E-state index contributed by atoms with van der Waals surface area (Å²) >= 11 is 0. The molecule has 6 nitrogen and oxygen atoms in total. The Labute approximate surface area is 151 Å². The zero-order valence-corrected chi connectivity index (χ0v) is 14.6. The number of carbonyl (C=O) groups excluding carboxylic acids is 1. The molecule has 0 saturated carbocycles. The molecule has 1 N–H and O–H groups in total. The molecule has 0 atom stereocenters. The molecule has 134 valence electrons. The van der Waals surface area contributed by atoms with E-state index >= 15 is 0 Å². The van der Waals surface area contributed by atoms with Crippen molar-refractivity contribution in [2.75, 3.05) is 20.3 Å². The van der Waals surface area contributed by atoms with Crippen molar-refractivity contribution in [3.63, 3.8) is 0 Å². The Morgan fingerprint density at radius 2 is 1.77 bits per heavy atom. The molecule has 0 fully saturated rings. The fourth-order valence-corrected chi connectivity index (χ4v) is 2.78. The highest BCUT2D eigenvalue weighted by molar-refractivity contribution is 5.93. The van der Waals surface area contributed by atoms with Crippen molar-refractivity contribution in [1.29, 1.82) is 0 Å². The van der Waals surface area contributed by atoms with Crippen LogP contribution in [-0.4, -0.2) is 35.9 Å². The third-order valence-corrected chi connectivity index (χ3v) is 4.09. The Morgan fingerprint density at radius 3 is 2.50 bits per heavy atom. The number of nitrogens with one attached hydrogen (secondary N) is 1. The topological polar surface area (TPSA) is 73.2 Å². The highest BCUT2D eigenvalue weighted by Crippen LogP contribution is 2.24. The quantitative estimate of drug-likeness (QED) is 0.663. The molecule has 1 heterocycles. The van der Waals surface area contributed by atoms with Gasteiger partial charge >= 0.3 is 0 Å². The average molecular weight is 351 g/mol. The summed E-state index contributed by atoms with van der Waals surface area (Å²) in [6, 6.07) is 17.1. The van der Waals surface area contributed by atoms with Crippen LogP contribution in [0.1, 0.15) is 6.42 Å². The van der Waals surface area contributed by atoms with Gasteiger partial charge in [0.1, 0.15) is 0 Å². The maximum Gasteiger partial charge on any atom is 0.274 e. The number of aryl methyl sites for hydroxylation is 1. The van der Waals surface area contributed by atoms with Crippen LogP contribution in [0.5, 0.6) is 0 Å². The van der Waals surface area contributed by atoms with Gasteiger partial charge in [-0.25, -0.2) is 4.68 Å². The maximum atomic E-state index is 12.7. The highest BCUT2D eigenvalue weighted by atomic mass is 16.5. The average Bonchev–Trinajstić information content (AvgIpc) is 2.68. The minimum absolute atomic E-state index is 0.134. The predicted molar refractivity (Wildman–Crippen MR) is 101 cm³/mol. The number of benzene rings is 2. The van der Waals surface area contributed by atoms with Crippen LogP contribution in [0.4, 0.5) is 0 Å². The van der Waals surface area contributed by atoms with E-state index < -0.39 is 0 Å². The molecular formula is C20H21N3O3. The largest absolute Gasteiger partial charge is 0.383 e. The molecule has 1 amide bonds. The maximum absolute atomic E-state index is 12.7. The number of fused-ring (bicyclic) bond motifs is 1. The van der Waals surface area contributed by atoms with Gasteiger partial charge in [0, 0.05) is 31.0 Å². The summed E-state index contributed by atoms with van der Waals surface area (Å²) in [5.41, 5.74) is 1.48. The van der Waals surface area contributed by atoms with Gasteiger partial charge in [-0.15, -0.1) is 0 Å². The third kappa shape index (κ3) is 3.97. The molecule has 2 aromatic carbocycles. The zero-order chi connectivity index (χ0) is 18.4. The lowest BCUT2D eigenvalue weighted by Gasteiger charge is -2.11. The first-order valence-corrected chi connectivity index (χ1v) is 8.51. The van der Waals surface area contributed by atoms with E-state index in [9.17, 15) is 9.59 Å². The smallest absolute Gasteiger partial charge is 0.274 e. The van der Waals surface area contributed by atoms with Crippen molar-refractivity contribution in [3.05, 3.63) is 65.0 Å². The summed E-state index contributed by atoms with van der Waals surface area (Å²) in [4.78, 5) is 24.6. The summed E-state index contributed by atoms with van der Waals surface area (Å²) in [6.07, 6.45) is 0.184. The molecule has 0 spiro atoms. The van der Waals surface area contributed by atoms with Crippen LogP contribution < -0.4 is 10.9 Å². The molecule has 0 bridgehead atoms. The van der Waals surface area contributed by atoms with Crippen LogP contribution in [0, 0.1) is 0 Å². The Hall–Kier alpha value is -2.99. The number of nitrogens with zero attached hydrogens (tertiary/aromatic N) is 2. The van der Waals surface area contributed by atoms with Crippen LogP contribution in [0.15, 0.2) is 59.4 Å². The van der Waals surface area contributed by atoms with Crippen LogP contribution in [0.25, 0.3) is 22.0 Å². The fraction of sp³-hybridized carbons (Fsp3) is 0.250. The summed E-state index contributed by atoms with van der Waals surface area (Å²) in [5.74, 6) is -0.134. The van der Waals surface area contributed by atoms with Gasteiger partial charge in [0.05, 0.1) is 24.2 Å². The van der Waals surface area contributed by atoms with E-state index in [1.54, 1.807) is 13.2 Å². The standard InChI is InChI=1S/C20H21N3O3/c1-26-14-12-21-18(24)11-13-23-20(25)17-10-6-5-9-16(17)19(22-23)15-7-3-2-4-8-15/h2-10H,11-14H2,1H3,(H,21,24). The summed E-state index contributed by atoms with van der Waals surface area (Å²) in [7, 11) is 1.58. The monoisotopic (exact) mass is 351 g/mol. The second kappa shape index (κ2) is 8.40. The first-order valence-electron chi connectivity index (χ1n) is 8.51. The van der Waals surface area contributed by atoms with Gasteiger partial charge in [-0.1, -0.05) is 48.5 Å². The Morgan fingerprint density at radius 1 is 1.08 bits per heavy atom. The molecule has 1 aromatic heterocycles. The lowest BCUT2D eigenvalue weighted by Crippen LogP contribution is -2.30. The van der Waals surface area contributed by atoms with Crippen molar-refractivity contribution in [3.8, 4) is 11.3 Å². The van der Waals surface area contributed by atoms with Crippen molar-refractivity contribution in [2.24, 2.45) is 0 Å². The second-order valence-corrected chi connectivity index (χ2v) is 5.88. The summed E-state index contributed by atoms with van der Waals surface area (Å²) in [6.45, 7) is 1.13. The van der Waals surface area contributed by atoms with Gasteiger partial charge in [-0.05, 0) is 6.07 Å². The van der Waals surface area contributed by atoms with Crippen LogP contribution in [-0.2, 0) is 16.1 Å². The number of ether oxygens (including phenoxy) is 1. The van der Waals surface area contributed by atoms with E-state index in [1.807, 2.05) is 48.5 Å². The molecule has 0 unspecified atom stereocenters. The molecule has 0 aliphatic rings. The second-order valence-electron chi connectivity index (χ2n) is 5.88. The van der Waals surface area contributed by atoms with Gasteiger partial charge in [0.25, 0.3) is 5.56 Å². The van der Waals surface area contributed by atoms with Crippen molar-refractivity contribution < 1.29 is 9.53 Å². The lowest BCUT2D eigenvalue weighted by atomic mass is 10.1. The number of amides is 1. The van der Waals surface area contributed by atoms with E-state index in [4.69, 9.17) is 4.74 Å². The normalized spacial score (nSPS) is 10.8. The minimum atomic E-state index is -0.190. The van der Waals surface area contributed by atoms with Gasteiger partial charge in [-0.3, -0.25) is 9.59 Å². The van der Waals surface area contributed by atoms with E-state index in [0.717, 1.165) is 16.6 Å². The molecular weight excluding hydrogens is 330 g/mol. The van der Waals surface area contributed by atoms with Crippen LogP contribution >= 0.6 is 0 Å². The third-order valence-electron chi connectivity index (χ3n) is 4.09. The summed E-state index contributed by atoms with van der Waals surface area (Å²) < 4.78 is 6.28. The first kappa shape index (κ1) is 17.8. The summed E-state index contributed by atoms with van der Waals surface area (Å²) in [5, 5.41) is 8.70. The molecule has 3 rings (SSSR count). The predicted octanol–water partition coefficient (Wildman–Crippen LogP) is 2.22. The number of carbonyl (C=O) groups is 1.